The van der Waals surface area contributed by atoms with Crippen LogP contribution in [0, 0.1) is 12.8 Å². The van der Waals surface area contributed by atoms with E-state index in [1.165, 1.54) is 13.8 Å². The summed E-state index contributed by atoms with van der Waals surface area (Å²) in [5.74, 6) is -0.904. The topological polar surface area (TPSA) is 140 Å². The number of nitrogens with zero attached hydrogens (tertiary/aromatic N) is 2. The Morgan fingerprint density at radius 1 is 0.558 bits per heavy atom. The predicted octanol–water partition coefficient (Wildman–Crippen LogP) is 3.29. The van der Waals surface area contributed by atoms with E-state index in [1.807, 2.05) is 48.5 Å². The van der Waals surface area contributed by atoms with Gasteiger partial charge in [0.1, 0.15) is 0 Å². The first kappa shape index (κ1) is 38.8. The van der Waals surface area contributed by atoms with E-state index in [1.54, 1.807) is 60.9 Å². The zero-order valence-corrected chi connectivity index (χ0v) is 25.8. The van der Waals surface area contributed by atoms with Crippen molar-refractivity contribution < 1.29 is 51.1 Å². The monoisotopic (exact) mass is 614 g/mol. The minimum atomic E-state index is -0.233. The molecule has 2 heterocycles. The minimum absolute atomic E-state index is 0. The smallest absolute Gasteiger partial charge is 0.0768 e. The second-order valence-electron chi connectivity index (χ2n) is 8.52. The maximum atomic E-state index is 11.2. The fourth-order valence-electron chi connectivity index (χ4n) is 3.04. The Bertz CT molecular complexity index is 1220. The molecule has 0 aliphatic rings. The molecule has 0 aliphatic heterocycles. The van der Waals surface area contributed by atoms with Crippen LogP contribution < -0.4 is 10.2 Å². The van der Waals surface area contributed by atoms with Gasteiger partial charge in [-0.25, -0.2) is 0 Å². The fourth-order valence-corrected chi connectivity index (χ4v) is 3.04. The van der Waals surface area contributed by atoms with Crippen LogP contribution in [0.4, 0.5) is 0 Å². The summed E-state index contributed by atoms with van der Waals surface area (Å²) in [5, 5.41) is 20.1. The van der Waals surface area contributed by atoms with Crippen molar-refractivity contribution in [3.8, 4) is 0 Å². The van der Waals surface area contributed by atoms with Crippen molar-refractivity contribution in [1.82, 2.24) is 9.97 Å². The van der Waals surface area contributed by atoms with E-state index < -0.39 is 0 Å². The largest absolute Gasteiger partial charge is 0.854 e. The Hall–Kier alpha value is -4.21. The second-order valence-corrected chi connectivity index (χ2v) is 8.52. The Balaban J connectivity index is 0.000000548. The van der Waals surface area contributed by atoms with Crippen molar-refractivity contribution >= 4 is 23.1 Å². The van der Waals surface area contributed by atoms with Gasteiger partial charge in [-0.15, -0.1) is 61.4 Å². The Kier molecular flexibility index (Phi) is 22.0. The number of aromatic nitrogens is 2. The molecule has 4 aromatic rings. The van der Waals surface area contributed by atoms with E-state index in [4.69, 9.17) is 0 Å². The summed E-state index contributed by atoms with van der Waals surface area (Å²) in [5.41, 5.74) is 2.86. The zero-order chi connectivity index (χ0) is 31.0. The molecule has 0 amide bonds. The molecule has 0 aliphatic carbocycles. The molecule has 0 saturated carbocycles. The summed E-state index contributed by atoms with van der Waals surface area (Å²) in [7, 11) is 0. The molecule has 0 fully saturated rings. The van der Waals surface area contributed by atoms with Gasteiger partial charge in [0.05, 0.1) is 11.6 Å². The van der Waals surface area contributed by atoms with Gasteiger partial charge in [0, 0.05) is 57.1 Å². The fraction of sp³-hybridized carbons (Fsp3) is 0.176. The van der Waals surface area contributed by atoms with Gasteiger partial charge < -0.3 is 29.4 Å². The summed E-state index contributed by atoms with van der Waals surface area (Å²) >= 11 is 0. The summed E-state index contributed by atoms with van der Waals surface area (Å²) < 4.78 is 0. The summed E-state index contributed by atoms with van der Waals surface area (Å²) in [6.45, 7) is 2.58. The van der Waals surface area contributed by atoms with Crippen LogP contribution in [-0.4, -0.2) is 46.3 Å². The van der Waals surface area contributed by atoms with Gasteiger partial charge in [0.15, 0.2) is 0 Å². The maximum absolute atomic E-state index is 11.2. The van der Waals surface area contributed by atoms with Crippen molar-refractivity contribution in [1.29, 1.82) is 0 Å². The van der Waals surface area contributed by atoms with Crippen LogP contribution in [-0.2, 0) is 44.1 Å². The Morgan fingerprint density at radius 2 is 0.884 bits per heavy atom. The number of carbonyl (C=O) groups is 4. The molecule has 8 nitrogen and oxygen atoms in total. The first-order chi connectivity index (χ1) is 20.3. The molecule has 2 aromatic heterocycles. The normalized spacial score (nSPS) is 9.02. The number of pyridine rings is 2. The molecule has 4 rings (SSSR count). The third-order valence-corrected chi connectivity index (χ3v) is 4.95. The van der Waals surface area contributed by atoms with Gasteiger partial charge in [-0.3, -0.25) is 9.97 Å². The van der Waals surface area contributed by atoms with E-state index in [-0.39, 0.29) is 58.1 Å². The molecule has 9 heteroatoms. The number of benzene rings is 2. The molecule has 2 aromatic carbocycles. The van der Waals surface area contributed by atoms with Gasteiger partial charge in [-0.05, 0) is 51.0 Å². The maximum Gasteiger partial charge on any atom is 0.0768 e. The molecular weight excluding hydrogens is 580 g/mol. The van der Waals surface area contributed by atoms with E-state index in [2.05, 4.69) is 9.97 Å². The Labute approximate surface area is 268 Å². The molecule has 0 bridgehead atoms. The average Bonchev–Trinajstić information content (AvgIpc) is 3.00. The summed E-state index contributed by atoms with van der Waals surface area (Å²) in [6, 6.07) is 28.6. The Morgan fingerprint density at radius 3 is 1.14 bits per heavy atom. The van der Waals surface area contributed by atoms with Crippen LogP contribution >= 0.6 is 0 Å². The SMILES string of the molecule is CC(=O)[CH-]C(=O)c1ccccc1.CC(=O)[CH-]C(=O)c1ccccc1.[O-]CCc1ccccn1.[O-]CCc1ccccn1.[Ti]. The summed E-state index contributed by atoms with van der Waals surface area (Å²) in [6.07, 6.45) is 6.67. The van der Waals surface area contributed by atoms with Crippen LogP contribution in [0.1, 0.15) is 46.0 Å². The number of Topliss-reactive ketones (excluding diaryl/α,β-unsaturated/α-hetero) is 4. The van der Waals surface area contributed by atoms with E-state index in [0.717, 1.165) is 24.2 Å². The van der Waals surface area contributed by atoms with Gasteiger partial charge in [-0.1, -0.05) is 48.5 Å². The van der Waals surface area contributed by atoms with E-state index in [0.29, 0.717) is 24.0 Å². The molecular formula is C34H34N2O6Ti-4. The molecule has 43 heavy (non-hydrogen) atoms. The number of carbonyl (C=O) groups excluding carboxylic acids is 4. The molecule has 0 radical (unpaired) electrons. The molecule has 0 saturated heterocycles. The summed E-state index contributed by atoms with van der Waals surface area (Å²) in [4.78, 5) is 51.4. The van der Waals surface area contributed by atoms with Gasteiger partial charge in [-0.2, -0.15) is 0 Å². The molecule has 0 atom stereocenters. The van der Waals surface area contributed by atoms with Gasteiger partial charge >= 0.3 is 0 Å². The van der Waals surface area contributed by atoms with Crippen molar-refractivity contribution in [2.24, 2.45) is 0 Å². The number of hydrogen-bond donors (Lipinski definition) is 0. The van der Waals surface area contributed by atoms with Gasteiger partial charge in [0.25, 0.3) is 0 Å². The van der Waals surface area contributed by atoms with Crippen molar-refractivity contribution in [3.05, 3.63) is 145 Å². The minimum Gasteiger partial charge on any atom is -0.854 e. The third kappa shape index (κ3) is 19.5. The molecule has 224 valence electrons. The van der Waals surface area contributed by atoms with Crippen molar-refractivity contribution in [3.63, 3.8) is 0 Å². The van der Waals surface area contributed by atoms with Crippen molar-refractivity contribution in [2.75, 3.05) is 13.2 Å². The van der Waals surface area contributed by atoms with Crippen LogP contribution in [0.3, 0.4) is 0 Å². The second kappa shape index (κ2) is 24.4. The van der Waals surface area contributed by atoms with Crippen LogP contribution in [0.2, 0.25) is 0 Å². The van der Waals surface area contributed by atoms with Crippen LogP contribution in [0.15, 0.2) is 109 Å². The zero-order valence-electron chi connectivity index (χ0n) is 24.2. The first-order valence-electron chi connectivity index (χ1n) is 13.1. The van der Waals surface area contributed by atoms with Crippen LogP contribution in [0.25, 0.3) is 0 Å². The van der Waals surface area contributed by atoms with E-state index >= 15 is 0 Å². The number of rotatable bonds is 10. The average molecular weight is 615 g/mol. The molecule has 0 spiro atoms. The van der Waals surface area contributed by atoms with Crippen LogP contribution in [0.5, 0.6) is 0 Å². The predicted molar refractivity (Wildman–Crippen MR) is 157 cm³/mol. The molecule has 0 unspecified atom stereocenters. The van der Waals surface area contributed by atoms with Gasteiger partial charge in [0.2, 0.25) is 0 Å². The van der Waals surface area contributed by atoms with Crippen molar-refractivity contribution in [2.45, 2.75) is 26.7 Å². The number of hydrogen-bond acceptors (Lipinski definition) is 8. The first-order valence-corrected chi connectivity index (χ1v) is 13.1. The molecule has 0 N–H and O–H groups in total. The standard InChI is InChI=1S/2C10H9O2.2C7H8NO.Ti/c2*1-8(11)7-10(12)9-5-3-2-4-6-9;2*9-6-4-7-3-1-2-5-8-7;/h2*2-7H,1H3;2*1-3,5H,4,6H2;/q4*-1;. The van der Waals surface area contributed by atoms with E-state index in [9.17, 15) is 29.4 Å². The third-order valence-electron chi connectivity index (χ3n) is 4.95. The quantitative estimate of drug-likeness (QED) is 0.115. The number of ketones is 4.